The zero-order valence-electron chi connectivity index (χ0n) is 10.2. The van der Waals surface area contributed by atoms with Crippen LogP contribution < -0.4 is 4.90 Å². The van der Waals surface area contributed by atoms with Crippen molar-refractivity contribution in [3.8, 4) is 0 Å². The number of alkyl halides is 1. The van der Waals surface area contributed by atoms with Crippen LogP contribution in [-0.2, 0) is 10.5 Å². The van der Waals surface area contributed by atoms with E-state index in [1.807, 2.05) is 0 Å². The molecule has 1 aliphatic rings. The van der Waals surface area contributed by atoms with Crippen molar-refractivity contribution < 1.29 is 9.18 Å². The number of amides is 1. The highest BCUT2D eigenvalue weighted by molar-refractivity contribution is 6.30. The zero-order chi connectivity index (χ0) is 13.6. The lowest BCUT2D eigenvalue weighted by atomic mass is 9.89. The van der Waals surface area contributed by atoms with Crippen molar-refractivity contribution in [1.29, 1.82) is 0 Å². The van der Waals surface area contributed by atoms with Crippen molar-refractivity contribution in [2.75, 3.05) is 11.9 Å². The molecule has 0 aliphatic carbocycles. The van der Waals surface area contributed by atoms with Gasteiger partial charge in [-0.15, -0.1) is 0 Å². The molecule has 1 atom stereocenters. The standard InChI is InChI=1S/C15H11ClFNO/c1-18-13-5-3-2-4-12(13)15(17,14(18)19)10-6-8-11(16)9-7-10/h2-9H,1H3/t15-/m1/s1. The van der Waals surface area contributed by atoms with Gasteiger partial charge in [-0.2, -0.15) is 0 Å². The van der Waals surface area contributed by atoms with Crippen molar-refractivity contribution in [2.24, 2.45) is 0 Å². The summed E-state index contributed by atoms with van der Waals surface area (Å²) in [6.07, 6.45) is 0. The normalized spacial score (nSPS) is 21.6. The molecular weight excluding hydrogens is 265 g/mol. The van der Waals surface area contributed by atoms with E-state index in [-0.39, 0.29) is 0 Å². The Morgan fingerprint density at radius 2 is 1.74 bits per heavy atom. The smallest absolute Gasteiger partial charge is 0.273 e. The van der Waals surface area contributed by atoms with Crippen molar-refractivity contribution >= 4 is 23.2 Å². The van der Waals surface area contributed by atoms with Crippen LogP contribution in [0, 0.1) is 0 Å². The average Bonchev–Trinajstić information content (AvgIpc) is 2.63. The van der Waals surface area contributed by atoms with E-state index in [9.17, 15) is 4.79 Å². The van der Waals surface area contributed by atoms with Gasteiger partial charge in [-0.1, -0.05) is 41.9 Å². The first-order valence-corrected chi connectivity index (χ1v) is 6.25. The van der Waals surface area contributed by atoms with E-state index in [0.717, 1.165) is 0 Å². The summed E-state index contributed by atoms with van der Waals surface area (Å²) in [5, 5.41) is 0.513. The van der Waals surface area contributed by atoms with E-state index in [1.54, 1.807) is 55.6 Å². The molecule has 0 spiro atoms. The summed E-state index contributed by atoms with van der Waals surface area (Å²) in [4.78, 5) is 13.6. The van der Waals surface area contributed by atoms with Gasteiger partial charge in [0.2, 0.25) is 5.67 Å². The minimum Gasteiger partial charge on any atom is -0.312 e. The predicted molar refractivity (Wildman–Crippen MR) is 73.2 cm³/mol. The highest BCUT2D eigenvalue weighted by Crippen LogP contribution is 2.46. The number of rotatable bonds is 1. The first-order valence-electron chi connectivity index (χ1n) is 5.88. The number of nitrogens with zero attached hydrogens (tertiary/aromatic N) is 1. The third kappa shape index (κ3) is 1.58. The topological polar surface area (TPSA) is 20.3 Å². The van der Waals surface area contributed by atoms with Crippen LogP contribution in [0.5, 0.6) is 0 Å². The van der Waals surface area contributed by atoms with E-state index >= 15 is 4.39 Å². The molecular formula is C15H11ClFNO. The zero-order valence-corrected chi connectivity index (χ0v) is 11.0. The maximum atomic E-state index is 15.4. The van der Waals surface area contributed by atoms with Crippen LogP contribution in [0.1, 0.15) is 11.1 Å². The van der Waals surface area contributed by atoms with Gasteiger partial charge in [0.1, 0.15) is 0 Å². The number of carbonyl (C=O) groups excluding carboxylic acids is 1. The molecule has 2 aromatic carbocycles. The molecule has 2 nitrogen and oxygen atoms in total. The van der Waals surface area contributed by atoms with Crippen molar-refractivity contribution in [1.82, 2.24) is 0 Å². The molecule has 96 valence electrons. The molecule has 0 N–H and O–H groups in total. The Bertz CT molecular complexity index is 655. The maximum Gasteiger partial charge on any atom is 0.273 e. The van der Waals surface area contributed by atoms with Crippen LogP contribution in [-0.4, -0.2) is 13.0 Å². The fraction of sp³-hybridized carbons (Fsp3) is 0.133. The van der Waals surface area contributed by atoms with Gasteiger partial charge in [0.25, 0.3) is 5.91 Å². The number of anilines is 1. The lowest BCUT2D eigenvalue weighted by molar-refractivity contribution is -0.126. The van der Waals surface area contributed by atoms with Gasteiger partial charge in [-0.25, -0.2) is 4.39 Å². The van der Waals surface area contributed by atoms with Crippen molar-refractivity contribution in [3.05, 3.63) is 64.7 Å². The molecule has 0 saturated heterocycles. The molecule has 0 radical (unpaired) electrons. The Labute approximate surface area is 115 Å². The summed E-state index contributed by atoms with van der Waals surface area (Å²) in [5.41, 5.74) is -0.843. The molecule has 1 heterocycles. The van der Waals surface area contributed by atoms with E-state index in [2.05, 4.69) is 0 Å². The van der Waals surface area contributed by atoms with Gasteiger partial charge >= 0.3 is 0 Å². The van der Waals surface area contributed by atoms with E-state index < -0.39 is 11.6 Å². The largest absolute Gasteiger partial charge is 0.312 e. The SMILES string of the molecule is CN1C(=O)[C@@](F)(c2ccc(Cl)cc2)c2ccccc21. The van der Waals surface area contributed by atoms with Crippen LogP contribution in [0.2, 0.25) is 5.02 Å². The van der Waals surface area contributed by atoms with Crippen molar-refractivity contribution in [3.63, 3.8) is 0 Å². The van der Waals surface area contributed by atoms with Crippen molar-refractivity contribution in [2.45, 2.75) is 5.67 Å². The molecule has 1 amide bonds. The van der Waals surface area contributed by atoms with E-state index in [1.165, 1.54) is 4.90 Å². The summed E-state index contributed by atoms with van der Waals surface area (Å²) in [5.74, 6) is -0.573. The summed E-state index contributed by atoms with van der Waals surface area (Å²) < 4.78 is 15.4. The van der Waals surface area contributed by atoms with Crippen LogP contribution in [0.4, 0.5) is 10.1 Å². The molecule has 2 aromatic rings. The van der Waals surface area contributed by atoms with Gasteiger partial charge in [0, 0.05) is 23.2 Å². The van der Waals surface area contributed by atoms with Gasteiger partial charge < -0.3 is 4.90 Å². The fourth-order valence-electron chi connectivity index (χ4n) is 2.47. The summed E-state index contributed by atoms with van der Waals surface area (Å²) in [6.45, 7) is 0. The fourth-order valence-corrected chi connectivity index (χ4v) is 2.60. The monoisotopic (exact) mass is 275 g/mol. The summed E-state index contributed by atoms with van der Waals surface area (Å²) in [6, 6.07) is 13.2. The number of likely N-dealkylation sites (N-methyl/N-ethyl adjacent to an activating group) is 1. The van der Waals surface area contributed by atoms with Gasteiger partial charge in [0.15, 0.2) is 0 Å². The number of carbonyl (C=O) groups is 1. The molecule has 0 bridgehead atoms. The lowest BCUT2D eigenvalue weighted by Gasteiger charge is -2.19. The number of para-hydroxylation sites is 1. The van der Waals surface area contributed by atoms with Crippen LogP contribution in [0.3, 0.4) is 0 Å². The molecule has 0 saturated carbocycles. The minimum atomic E-state index is -2.13. The second kappa shape index (κ2) is 4.07. The van der Waals surface area contributed by atoms with Crippen LogP contribution in [0.15, 0.2) is 48.5 Å². The third-order valence-corrected chi connectivity index (χ3v) is 3.73. The Morgan fingerprint density at radius 3 is 2.42 bits per heavy atom. The molecule has 0 unspecified atom stereocenters. The van der Waals surface area contributed by atoms with Gasteiger partial charge in [0.05, 0.1) is 5.69 Å². The molecule has 0 aromatic heterocycles. The highest BCUT2D eigenvalue weighted by Gasteiger charge is 2.51. The second-order valence-electron chi connectivity index (χ2n) is 4.55. The number of hydrogen-bond acceptors (Lipinski definition) is 1. The molecule has 4 heteroatoms. The quantitative estimate of drug-likeness (QED) is 0.780. The first-order chi connectivity index (χ1) is 9.05. The Hall–Kier alpha value is -1.87. The Morgan fingerprint density at radius 1 is 1.11 bits per heavy atom. The number of benzene rings is 2. The van der Waals surface area contributed by atoms with E-state index in [0.29, 0.717) is 21.8 Å². The second-order valence-corrected chi connectivity index (χ2v) is 4.98. The molecule has 19 heavy (non-hydrogen) atoms. The molecule has 0 fully saturated rings. The van der Waals surface area contributed by atoms with Crippen LogP contribution in [0.25, 0.3) is 0 Å². The van der Waals surface area contributed by atoms with Gasteiger partial charge in [-0.3, -0.25) is 4.79 Å². The first kappa shape index (κ1) is 12.2. The lowest BCUT2D eigenvalue weighted by Crippen LogP contribution is -2.35. The molecule has 1 aliphatic heterocycles. The average molecular weight is 276 g/mol. The van der Waals surface area contributed by atoms with E-state index in [4.69, 9.17) is 11.6 Å². The number of fused-ring (bicyclic) bond motifs is 1. The third-order valence-electron chi connectivity index (χ3n) is 3.48. The Balaban J connectivity index is 2.24. The Kier molecular flexibility index (Phi) is 2.61. The number of halogens is 2. The van der Waals surface area contributed by atoms with Gasteiger partial charge in [-0.05, 0) is 18.2 Å². The highest BCUT2D eigenvalue weighted by atomic mass is 35.5. The summed E-state index contributed by atoms with van der Waals surface area (Å²) in [7, 11) is 1.58. The predicted octanol–water partition coefficient (Wildman–Crippen LogP) is 3.53. The number of hydrogen-bond donors (Lipinski definition) is 0. The van der Waals surface area contributed by atoms with Crippen LogP contribution >= 0.6 is 11.6 Å². The minimum absolute atomic E-state index is 0.304. The summed E-state index contributed by atoms with van der Waals surface area (Å²) >= 11 is 5.81. The molecule has 3 rings (SSSR count). The maximum absolute atomic E-state index is 15.4.